The van der Waals surface area contributed by atoms with E-state index in [1.54, 1.807) is 27.0 Å². The number of carbonyl (C=O) groups excluding carboxylic acids is 1. The first-order chi connectivity index (χ1) is 12.8. The van der Waals surface area contributed by atoms with Gasteiger partial charge in [-0.05, 0) is 38.3 Å². The van der Waals surface area contributed by atoms with E-state index in [0.717, 1.165) is 27.6 Å². The molecule has 0 radical (unpaired) electrons. The lowest BCUT2D eigenvalue weighted by Gasteiger charge is -2.22. The van der Waals surface area contributed by atoms with Crippen LogP contribution in [0.1, 0.15) is 26.3 Å². The molecule has 0 aliphatic rings. The Morgan fingerprint density at radius 3 is 2.41 bits per heavy atom. The molecule has 3 aromatic rings. The van der Waals surface area contributed by atoms with Crippen molar-refractivity contribution >= 4 is 22.8 Å². The van der Waals surface area contributed by atoms with Gasteiger partial charge in [0.25, 0.3) is 0 Å². The van der Waals surface area contributed by atoms with Crippen LogP contribution in [0.2, 0.25) is 0 Å². The fourth-order valence-electron chi connectivity index (χ4n) is 3.10. The molecule has 2 aromatic carbocycles. The summed E-state index contributed by atoms with van der Waals surface area (Å²) < 4.78 is 5.29. The molecule has 0 spiro atoms. The number of nitrogens with one attached hydrogen (secondary N) is 1. The number of carboxylic acids is 1. The van der Waals surface area contributed by atoms with Crippen LogP contribution in [-0.4, -0.2) is 27.6 Å². The molecular weight excluding hydrogens is 342 g/mol. The molecule has 0 saturated carbocycles. The number of ether oxygens (including phenoxy) is 1. The second kappa shape index (κ2) is 7.27. The fourth-order valence-corrected chi connectivity index (χ4v) is 3.10. The summed E-state index contributed by atoms with van der Waals surface area (Å²) >= 11 is 0. The summed E-state index contributed by atoms with van der Waals surface area (Å²) in [7, 11) is 0. The summed E-state index contributed by atoms with van der Waals surface area (Å²) in [5, 5.41) is 10.4. The molecule has 1 atom stereocenters. The molecule has 5 heteroatoms. The van der Waals surface area contributed by atoms with Crippen molar-refractivity contribution in [1.82, 2.24) is 4.98 Å². The zero-order chi connectivity index (χ0) is 19.6. The van der Waals surface area contributed by atoms with Crippen LogP contribution in [0.5, 0.6) is 0 Å². The van der Waals surface area contributed by atoms with Crippen LogP contribution in [0.15, 0.2) is 54.7 Å². The van der Waals surface area contributed by atoms with Gasteiger partial charge in [-0.15, -0.1) is 0 Å². The molecule has 1 heterocycles. The summed E-state index contributed by atoms with van der Waals surface area (Å²) in [5.41, 5.74) is 3.07. The predicted molar refractivity (Wildman–Crippen MR) is 104 cm³/mol. The van der Waals surface area contributed by atoms with E-state index < -0.39 is 23.5 Å². The standard InChI is InChI=1S/C22H23NO4/c1-22(2,3)27-21(26)18(20(24)25)12-15-13-23-19-16(10-7-11-17(15)19)14-8-5-4-6-9-14/h4-11,13,18,23H,12H2,1-3H3,(H,24,25). The summed E-state index contributed by atoms with van der Waals surface area (Å²) in [4.78, 5) is 27.2. The predicted octanol–water partition coefficient (Wildman–Crippen LogP) is 4.42. The number of aromatic amines is 1. The minimum absolute atomic E-state index is 0.0719. The van der Waals surface area contributed by atoms with Gasteiger partial charge in [0, 0.05) is 17.1 Å². The van der Waals surface area contributed by atoms with Gasteiger partial charge >= 0.3 is 11.9 Å². The van der Waals surface area contributed by atoms with Crippen molar-refractivity contribution in [2.45, 2.75) is 32.8 Å². The van der Waals surface area contributed by atoms with E-state index in [1.807, 2.05) is 48.5 Å². The maximum atomic E-state index is 12.3. The van der Waals surface area contributed by atoms with Gasteiger partial charge in [0.15, 0.2) is 5.92 Å². The van der Waals surface area contributed by atoms with Gasteiger partial charge < -0.3 is 14.8 Å². The van der Waals surface area contributed by atoms with Crippen LogP contribution in [-0.2, 0) is 20.7 Å². The molecule has 5 nitrogen and oxygen atoms in total. The maximum Gasteiger partial charge on any atom is 0.321 e. The van der Waals surface area contributed by atoms with E-state index in [9.17, 15) is 14.7 Å². The van der Waals surface area contributed by atoms with Gasteiger partial charge in [-0.3, -0.25) is 9.59 Å². The van der Waals surface area contributed by atoms with Crippen molar-refractivity contribution in [2.24, 2.45) is 5.92 Å². The van der Waals surface area contributed by atoms with Crippen LogP contribution in [0, 0.1) is 5.92 Å². The molecule has 0 aliphatic carbocycles. The van der Waals surface area contributed by atoms with Crippen LogP contribution in [0.3, 0.4) is 0 Å². The molecule has 0 fully saturated rings. The van der Waals surface area contributed by atoms with Gasteiger partial charge in [0.1, 0.15) is 5.60 Å². The normalized spacial score (nSPS) is 12.7. The van der Waals surface area contributed by atoms with Crippen molar-refractivity contribution in [1.29, 1.82) is 0 Å². The molecular formula is C22H23NO4. The number of esters is 1. The van der Waals surface area contributed by atoms with Crippen LogP contribution < -0.4 is 0 Å². The van der Waals surface area contributed by atoms with Gasteiger partial charge in [-0.25, -0.2) is 0 Å². The number of aromatic nitrogens is 1. The molecule has 27 heavy (non-hydrogen) atoms. The smallest absolute Gasteiger partial charge is 0.321 e. The molecule has 0 bridgehead atoms. The average molecular weight is 365 g/mol. The Kier molecular flexibility index (Phi) is 5.04. The Bertz CT molecular complexity index is 967. The number of aliphatic carboxylic acids is 1. The lowest BCUT2D eigenvalue weighted by atomic mass is 9.96. The van der Waals surface area contributed by atoms with E-state index >= 15 is 0 Å². The third-order valence-electron chi connectivity index (χ3n) is 4.30. The van der Waals surface area contributed by atoms with Crippen molar-refractivity contribution in [2.75, 3.05) is 0 Å². The monoisotopic (exact) mass is 365 g/mol. The quantitative estimate of drug-likeness (QED) is 0.518. The zero-order valence-corrected chi connectivity index (χ0v) is 15.7. The Morgan fingerprint density at radius 2 is 1.78 bits per heavy atom. The Labute approximate surface area is 158 Å². The lowest BCUT2D eigenvalue weighted by Crippen LogP contribution is -2.33. The molecule has 0 aliphatic heterocycles. The average Bonchev–Trinajstić information content (AvgIpc) is 3.01. The highest BCUT2D eigenvalue weighted by Crippen LogP contribution is 2.31. The summed E-state index contributed by atoms with van der Waals surface area (Å²) in [6.45, 7) is 5.17. The number of H-pyrrole nitrogens is 1. The molecule has 2 N–H and O–H groups in total. The highest BCUT2D eigenvalue weighted by molar-refractivity contribution is 5.98. The molecule has 1 unspecified atom stereocenters. The molecule has 0 saturated heterocycles. The van der Waals surface area contributed by atoms with Gasteiger partial charge in [-0.1, -0.05) is 48.5 Å². The number of para-hydroxylation sites is 1. The minimum atomic E-state index is -1.25. The van der Waals surface area contributed by atoms with Gasteiger partial charge in [0.2, 0.25) is 0 Å². The van der Waals surface area contributed by atoms with Crippen LogP contribution in [0.4, 0.5) is 0 Å². The highest BCUT2D eigenvalue weighted by Gasteiger charge is 2.32. The molecule has 140 valence electrons. The first-order valence-corrected chi connectivity index (χ1v) is 8.86. The van der Waals surface area contributed by atoms with Crippen molar-refractivity contribution in [3.8, 4) is 11.1 Å². The van der Waals surface area contributed by atoms with Crippen molar-refractivity contribution in [3.05, 3.63) is 60.3 Å². The van der Waals surface area contributed by atoms with Crippen LogP contribution >= 0.6 is 0 Å². The SMILES string of the molecule is CC(C)(C)OC(=O)C(Cc1c[nH]c2c(-c3ccccc3)cccc12)C(=O)O. The maximum absolute atomic E-state index is 12.3. The number of hydrogen-bond donors (Lipinski definition) is 2. The highest BCUT2D eigenvalue weighted by atomic mass is 16.6. The largest absolute Gasteiger partial charge is 0.481 e. The van der Waals surface area contributed by atoms with E-state index in [-0.39, 0.29) is 6.42 Å². The number of carbonyl (C=O) groups is 2. The summed E-state index contributed by atoms with van der Waals surface area (Å²) in [6, 6.07) is 15.8. The van der Waals surface area contributed by atoms with E-state index in [2.05, 4.69) is 4.98 Å². The van der Waals surface area contributed by atoms with Crippen molar-refractivity contribution < 1.29 is 19.4 Å². The summed E-state index contributed by atoms with van der Waals surface area (Å²) in [6.07, 6.45) is 1.85. The number of fused-ring (bicyclic) bond motifs is 1. The number of rotatable bonds is 5. The number of hydrogen-bond acceptors (Lipinski definition) is 3. The van der Waals surface area contributed by atoms with Crippen LogP contribution in [0.25, 0.3) is 22.0 Å². The van der Waals surface area contributed by atoms with Gasteiger partial charge in [-0.2, -0.15) is 0 Å². The van der Waals surface area contributed by atoms with Crippen molar-refractivity contribution in [3.63, 3.8) is 0 Å². The lowest BCUT2D eigenvalue weighted by molar-refractivity contribution is -0.166. The van der Waals surface area contributed by atoms with E-state index in [0.29, 0.717) is 0 Å². The number of carboxylic acid groups (broad SMARTS) is 1. The van der Waals surface area contributed by atoms with E-state index in [4.69, 9.17) is 4.74 Å². The molecule has 1 aromatic heterocycles. The first-order valence-electron chi connectivity index (χ1n) is 8.86. The Morgan fingerprint density at radius 1 is 1.07 bits per heavy atom. The fraction of sp³-hybridized carbons (Fsp3) is 0.273. The second-order valence-electron chi connectivity index (χ2n) is 7.54. The Hall–Kier alpha value is -3.08. The minimum Gasteiger partial charge on any atom is -0.481 e. The van der Waals surface area contributed by atoms with Gasteiger partial charge in [0.05, 0.1) is 5.52 Å². The summed E-state index contributed by atoms with van der Waals surface area (Å²) in [5.74, 6) is -3.15. The zero-order valence-electron chi connectivity index (χ0n) is 15.7. The third kappa shape index (κ3) is 4.19. The molecule has 3 rings (SSSR count). The number of benzene rings is 2. The first kappa shape index (κ1) is 18.7. The third-order valence-corrected chi connectivity index (χ3v) is 4.30. The van der Waals surface area contributed by atoms with E-state index in [1.165, 1.54) is 0 Å². The second-order valence-corrected chi connectivity index (χ2v) is 7.54. The molecule has 0 amide bonds. The topological polar surface area (TPSA) is 79.4 Å². The Balaban J connectivity index is 1.95.